The molecule has 10 heteroatoms. The van der Waals surface area contributed by atoms with Gasteiger partial charge in [0.15, 0.2) is 11.5 Å². The summed E-state index contributed by atoms with van der Waals surface area (Å²) in [6.45, 7) is 2.76. The maximum absolute atomic E-state index is 13.6. The van der Waals surface area contributed by atoms with Crippen LogP contribution in [0.25, 0.3) is 5.65 Å². The van der Waals surface area contributed by atoms with Gasteiger partial charge in [-0.1, -0.05) is 11.2 Å². The number of anilines is 1. The van der Waals surface area contributed by atoms with Crippen LogP contribution in [0.15, 0.2) is 41.8 Å². The average molecular weight is 390 g/mol. The van der Waals surface area contributed by atoms with Crippen molar-refractivity contribution in [1.29, 1.82) is 0 Å². The third-order valence-electron chi connectivity index (χ3n) is 4.38. The number of nitrogens with zero attached hydrogens (tertiary/aromatic N) is 4. The van der Waals surface area contributed by atoms with Crippen molar-refractivity contribution in [3.8, 4) is 0 Å². The number of oxime groups is 1. The molecule has 0 radical (unpaired) electrons. The summed E-state index contributed by atoms with van der Waals surface area (Å²) in [7, 11) is 0. The van der Waals surface area contributed by atoms with Crippen molar-refractivity contribution >= 4 is 17.3 Å². The summed E-state index contributed by atoms with van der Waals surface area (Å²) in [5.41, 5.74) is 1.12. The van der Waals surface area contributed by atoms with Gasteiger partial charge >= 0.3 is 0 Å². The minimum Gasteiger partial charge on any atom is -0.392 e. The highest BCUT2D eigenvalue weighted by molar-refractivity contribution is 6.03. The first-order valence-corrected chi connectivity index (χ1v) is 8.65. The first-order valence-electron chi connectivity index (χ1n) is 8.65. The van der Waals surface area contributed by atoms with Gasteiger partial charge in [-0.15, -0.1) is 0 Å². The Labute approximate surface area is 158 Å². The Morgan fingerprint density at radius 2 is 2.11 bits per heavy atom. The number of aromatic nitrogens is 3. The highest BCUT2D eigenvalue weighted by atomic mass is 19.3. The Kier molecular flexibility index (Phi) is 4.76. The van der Waals surface area contributed by atoms with Crippen molar-refractivity contribution in [3.63, 3.8) is 0 Å². The maximum Gasteiger partial charge on any atom is 0.264 e. The molecule has 1 aliphatic rings. The van der Waals surface area contributed by atoms with Gasteiger partial charge in [-0.3, -0.25) is 0 Å². The summed E-state index contributed by atoms with van der Waals surface area (Å²) in [6, 6.07) is 4.32. The second kappa shape index (κ2) is 7.37. The van der Waals surface area contributed by atoms with Crippen LogP contribution < -0.4 is 10.6 Å². The van der Waals surface area contributed by atoms with Gasteiger partial charge in [0.2, 0.25) is 0 Å². The van der Waals surface area contributed by atoms with E-state index in [4.69, 9.17) is 4.84 Å². The molecular weight excluding hydrogens is 373 g/mol. The second-order valence-corrected chi connectivity index (χ2v) is 6.28. The van der Waals surface area contributed by atoms with E-state index in [2.05, 4.69) is 25.9 Å². The van der Waals surface area contributed by atoms with Crippen LogP contribution in [0, 0.1) is 5.82 Å². The van der Waals surface area contributed by atoms with Crippen molar-refractivity contribution in [1.82, 2.24) is 19.9 Å². The average Bonchev–Trinajstić information content (AvgIpc) is 3.11. The van der Waals surface area contributed by atoms with Crippen LogP contribution >= 0.6 is 0 Å². The molecule has 2 N–H and O–H groups in total. The zero-order chi connectivity index (χ0) is 19.7. The monoisotopic (exact) mass is 390 g/mol. The standard InChI is InChI=1S/C18H17F3N6O/c1-10(13-8-11(19)2-3-12(13)16(20)21)24-15-4-6-27-18(25-15)14(9-23-27)17-22-5-7-28-26-17/h2-4,6,8-10,16H,5,7H2,1H3,(H,22,26)(H,24,25)/t10-/m1/s1. The molecule has 3 aromatic rings. The molecule has 1 aliphatic heterocycles. The summed E-state index contributed by atoms with van der Waals surface area (Å²) in [4.78, 5) is 9.60. The molecule has 1 atom stereocenters. The Balaban J connectivity index is 1.65. The zero-order valence-corrected chi connectivity index (χ0v) is 14.9. The normalized spacial score (nSPS) is 15.1. The number of alkyl halides is 2. The molecule has 146 valence electrons. The summed E-state index contributed by atoms with van der Waals surface area (Å²) in [5.74, 6) is 0.378. The molecule has 0 aliphatic carbocycles. The SMILES string of the molecule is C[C@@H](Nc1ccn2ncc(C3=NOCCN3)c2n1)c1cc(F)ccc1C(F)F. The highest BCUT2D eigenvalue weighted by Gasteiger charge is 2.20. The van der Waals surface area contributed by atoms with E-state index in [0.29, 0.717) is 36.0 Å². The minimum absolute atomic E-state index is 0.178. The van der Waals surface area contributed by atoms with Crippen LogP contribution in [0.1, 0.15) is 36.1 Å². The van der Waals surface area contributed by atoms with Gasteiger partial charge in [-0.05, 0) is 30.7 Å². The summed E-state index contributed by atoms with van der Waals surface area (Å²) in [5, 5.41) is 14.4. The van der Waals surface area contributed by atoms with E-state index in [0.717, 1.165) is 18.2 Å². The molecule has 28 heavy (non-hydrogen) atoms. The predicted molar refractivity (Wildman–Crippen MR) is 96.9 cm³/mol. The van der Waals surface area contributed by atoms with Crippen molar-refractivity contribution in [2.75, 3.05) is 18.5 Å². The van der Waals surface area contributed by atoms with E-state index in [9.17, 15) is 13.2 Å². The molecule has 1 aromatic carbocycles. The lowest BCUT2D eigenvalue weighted by Crippen LogP contribution is -2.32. The number of rotatable bonds is 5. The van der Waals surface area contributed by atoms with E-state index >= 15 is 0 Å². The third-order valence-corrected chi connectivity index (χ3v) is 4.38. The molecular formula is C18H17F3N6O. The van der Waals surface area contributed by atoms with Gasteiger partial charge in [-0.2, -0.15) is 5.10 Å². The number of nitrogens with one attached hydrogen (secondary N) is 2. The van der Waals surface area contributed by atoms with Gasteiger partial charge in [-0.25, -0.2) is 22.7 Å². The van der Waals surface area contributed by atoms with Crippen LogP contribution in [-0.4, -0.2) is 33.6 Å². The van der Waals surface area contributed by atoms with E-state index in [-0.39, 0.29) is 11.1 Å². The summed E-state index contributed by atoms with van der Waals surface area (Å²) >= 11 is 0. The first kappa shape index (κ1) is 18.1. The topological polar surface area (TPSA) is 75.8 Å². The van der Waals surface area contributed by atoms with Crippen LogP contribution in [0.4, 0.5) is 19.0 Å². The van der Waals surface area contributed by atoms with Gasteiger partial charge in [0, 0.05) is 11.8 Å². The fraction of sp³-hybridized carbons (Fsp3) is 0.278. The van der Waals surface area contributed by atoms with E-state index < -0.39 is 18.3 Å². The van der Waals surface area contributed by atoms with Crippen LogP contribution in [0.5, 0.6) is 0 Å². The lowest BCUT2D eigenvalue weighted by atomic mass is 10.0. The largest absolute Gasteiger partial charge is 0.392 e. The minimum atomic E-state index is -2.70. The van der Waals surface area contributed by atoms with Crippen molar-refractivity contribution in [3.05, 3.63) is 59.2 Å². The third kappa shape index (κ3) is 3.45. The Morgan fingerprint density at radius 3 is 2.86 bits per heavy atom. The molecule has 0 fully saturated rings. The molecule has 0 spiro atoms. The fourth-order valence-electron chi connectivity index (χ4n) is 3.04. The molecule has 0 unspecified atom stereocenters. The first-order chi connectivity index (χ1) is 13.5. The molecule has 2 aromatic heterocycles. The number of fused-ring (bicyclic) bond motifs is 1. The van der Waals surface area contributed by atoms with Gasteiger partial charge in [0.25, 0.3) is 6.43 Å². The number of halogens is 3. The van der Waals surface area contributed by atoms with E-state index in [1.54, 1.807) is 29.9 Å². The number of hydrogen-bond acceptors (Lipinski definition) is 6. The molecule has 3 heterocycles. The van der Waals surface area contributed by atoms with Gasteiger partial charge in [0.1, 0.15) is 18.2 Å². The molecule has 0 bridgehead atoms. The highest BCUT2D eigenvalue weighted by Crippen LogP contribution is 2.30. The molecule has 0 saturated carbocycles. The smallest absolute Gasteiger partial charge is 0.264 e. The Bertz CT molecular complexity index is 1040. The lowest BCUT2D eigenvalue weighted by molar-refractivity contribution is 0.136. The van der Waals surface area contributed by atoms with Crippen molar-refractivity contribution in [2.24, 2.45) is 5.16 Å². The van der Waals surface area contributed by atoms with Crippen LogP contribution in [0.2, 0.25) is 0 Å². The summed E-state index contributed by atoms with van der Waals surface area (Å²) in [6.07, 6.45) is 0.592. The van der Waals surface area contributed by atoms with Gasteiger partial charge in [0.05, 0.1) is 24.3 Å². The van der Waals surface area contributed by atoms with Crippen LogP contribution in [-0.2, 0) is 4.84 Å². The Hall–Kier alpha value is -3.30. The second-order valence-electron chi connectivity index (χ2n) is 6.28. The molecule has 0 amide bonds. The quantitative estimate of drug-likeness (QED) is 0.700. The van der Waals surface area contributed by atoms with Gasteiger partial charge < -0.3 is 15.5 Å². The fourth-order valence-corrected chi connectivity index (χ4v) is 3.04. The number of hydrogen-bond donors (Lipinski definition) is 2. The summed E-state index contributed by atoms with van der Waals surface area (Å²) < 4.78 is 41.7. The molecule has 7 nitrogen and oxygen atoms in total. The maximum atomic E-state index is 13.6. The number of amidine groups is 1. The Morgan fingerprint density at radius 1 is 1.25 bits per heavy atom. The zero-order valence-electron chi connectivity index (χ0n) is 14.9. The number of benzene rings is 1. The lowest BCUT2D eigenvalue weighted by Gasteiger charge is -2.19. The van der Waals surface area contributed by atoms with E-state index in [1.807, 2.05) is 0 Å². The van der Waals surface area contributed by atoms with Crippen molar-refractivity contribution in [2.45, 2.75) is 19.4 Å². The molecule has 0 saturated heterocycles. The van der Waals surface area contributed by atoms with E-state index in [1.165, 1.54) is 0 Å². The molecule has 4 rings (SSSR count). The van der Waals surface area contributed by atoms with Crippen LogP contribution in [0.3, 0.4) is 0 Å². The van der Waals surface area contributed by atoms with Crippen molar-refractivity contribution < 1.29 is 18.0 Å². The predicted octanol–water partition coefficient (Wildman–Crippen LogP) is 3.26.